The molecule has 1 aromatic carbocycles. The van der Waals surface area contributed by atoms with E-state index in [2.05, 4.69) is 0 Å². The zero-order valence-electron chi connectivity index (χ0n) is 8.55. The quantitative estimate of drug-likeness (QED) is 0.474. The molecule has 0 aliphatic carbocycles. The summed E-state index contributed by atoms with van der Waals surface area (Å²) in [4.78, 5) is 9.80. The van der Waals surface area contributed by atoms with E-state index in [4.69, 9.17) is 23.2 Å². The summed E-state index contributed by atoms with van der Waals surface area (Å²) in [5.74, 6) is -0.244. The number of benzene rings is 1. The maximum Gasteiger partial charge on any atom is 0.269 e. The highest BCUT2D eigenvalue weighted by Crippen LogP contribution is 2.21. The fourth-order valence-electron chi connectivity index (χ4n) is 1.16. The first-order chi connectivity index (χ1) is 7.93. The summed E-state index contributed by atoms with van der Waals surface area (Å²) in [5.41, 5.74) is -0.169. The van der Waals surface area contributed by atoms with Gasteiger partial charge in [0.05, 0.1) is 15.1 Å². The number of sulfone groups is 1. The molecule has 94 valence electrons. The summed E-state index contributed by atoms with van der Waals surface area (Å²) in [6.45, 7) is 0. The molecule has 5 nitrogen and oxygen atoms in total. The van der Waals surface area contributed by atoms with Gasteiger partial charge in [0.1, 0.15) is 0 Å². The lowest BCUT2D eigenvalue weighted by Crippen LogP contribution is -2.24. The first-order valence-corrected chi connectivity index (χ1v) is 7.15. The van der Waals surface area contributed by atoms with Crippen LogP contribution in [0.4, 0.5) is 5.69 Å². The van der Waals surface area contributed by atoms with Crippen LogP contribution in [0.5, 0.6) is 0 Å². The van der Waals surface area contributed by atoms with Crippen molar-refractivity contribution in [1.82, 2.24) is 0 Å². The number of non-ortho nitro benzene ring substituents is 1. The molecule has 1 aromatic rings. The van der Waals surface area contributed by atoms with Crippen molar-refractivity contribution in [2.75, 3.05) is 11.8 Å². The Hall–Kier alpha value is -0.850. The zero-order valence-corrected chi connectivity index (χ0v) is 10.9. The van der Waals surface area contributed by atoms with Crippen LogP contribution in [0.25, 0.3) is 0 Å². The van der Waals surface area contributed by atoms with Gasteiger partial charge < -0.3 is 0 Å². The molecule has 0 aliphatic heterocycles. The molecule has 0 saturated carbocycles. The standard InChI is InChI=1S/C9H9Cl2NO4S/c10-5-9(6-11)17(15,16)8-3-1-7(2-4-8)12(13)14/h1-4,9H,5-6H2. The summed E-state index contributed by atoms with van der Waals surface area (Å²) >= 11 is 11.0. The number of halogens is 2. The molecule has 0 amide bonds. The van der Waals surface area contributed by atoms with Crippen LogP contribution in [-0.2, 0) is 9.84 Å². The predicted octanol–water partition coefficient (Wildman–Crippen LogP) is 2.21. The second-order valence-corrected chi connectivity index (χ2v) is 6.07. The van der Waals surface area contributed by atoms with Gasteiger partial charge in [-0.3, -0.25) is 10.1 Å². The van der Waals surface area contributed by atoms with Gasteiger partial charge in [-0.1, -0.05) is 0 Å². The van der Waals surface area contributed by atoms with Crippen molar-refractivity contribution in [1.29, 1.82) is 0 Å². The van der Waals surface area contributed by atoms with Gasteiger partial charge >= 0.3 is 0 Å². The fourth-order valence-corrected chi connectivity index (χ4v) is 3.71. The van der Waals surface area contributed by atoms with E-state index in [1.807, 2.05) is 0 Å². The number of nitrogens with zero attached hydrogens (tertiary/aromatic N) is 1. The smallest absolute Gasteiger partial charge is 0.258 e. The molecular weight excluding hydrogens is 289 g/mol. The zero-order chi connectivity index (χ0) is 13.1. The highest BCUT2D eigenvalue weighted by atomic mass is 35.5. The third-order valence-electron chi connectivity index (χ3n) is 2.16. The average molecular weight is 298 g/mol. The van der Waals surface area contributed by atoms with Crippen LogP contribution in [0.15, 0.2) is 29.2 Å². The molecule has 0 fully saturated rings. The number of nitro groups is 1. The van der Waals surface area contributed by atoms with Crippen LogP contribution < -0.4 is 0 Å². The molecule has 0 N–H and O–H groups in total. The van der Waals surface area contributed by atoms with Crippen molar-refractivity contribution in [3.63, 3.8) is 0 Å². The van der Waals surface area contributed by atoms with Gasteiger partial charge in [-0.05, 0) is 12.1 Å². The average Bonchev–Trinajstić information content (AvgIpc) is 2.30. The molecular formula is C9H9Cl2NO4S. The van der Waals surface area contributed by atoms with Gasteiger partial charge in [-0.2, -0.15) is 0 Å². The van der Waals surface area contributed by atoms with Gasteiger partial charge in [-0.25, -0.2) is 8.42 Å². The van der Waals surface area contributed by atoms with Crippen LogP contribution >= 0.6 is 23.2 Å². The Morgan fingerprint density at radius 2 is 1.65 bits per heavy atom. The van der Waals surface area contributed by atoms with Crippen molar-refractivity contribution in [2.24, 2.45) is 0 Å². The third kappa shape index (κ3) is 3.08. The van der Waals surface area contributed by atoms with Crippen molar-refractivity contribution in [3.05, 3.63) is 34.4 Å². The molecule has 0 aromatic heterocycles. The van der Waals surface area contributed by atoms with Gasteiger partial charge in [0.2, 0.25) is 0 Å². The van der Waals surface area contributed by atoms with Crippen LogP contribution in [0.3, 0.4) is 0 Å². The molecule has 0 saturated heterocycles. The molecule has 0 atom stereocenters. The summed E-state index contributed by atoms with van der Waals surface area (Å²) in [6.07, 6.45) is 0. The van der Waals surface area contributed by atoms with Gasteiger partial charge in [0.15, 0.2) is 9.84 Å². The summed E-state index contributed by atoms with van der Waals surface area (Å²) in [6, 6.07) is 4.62. The fraction of sp³-hybridized carbons (Fsp3) is 0.333. The molecule has 1 rings (SSSR count). The van der Waals surface area contributed by atoms with Gasteiger partial charge in [0, 0.05) is 23.9 Å². The highest BCUT2D eigenvalue weighted by molar-refractivity contribution is 7.92. The number of hydrogen-bond donors (Lipinski definition) is 0. The van der Waals surface area contributed by atoms with Gasteiger partial charge in [-0.15, -0.1) is 23.2 Å². The van der Waals surface area contributed by atoms with E-state index in [0.29, 0.717) is 0 Å². The molecule has 0 unspecified atom stereocenters. The first-order valence-electron chi connectivity index (χ1n) is 4.53. The summed E-state index contributed by atoms with van der Waals surface area (Å²) in [7, 11) is -3.63. The van der Waals surface area contributed by atoms with Crippen LogP contribution in [0, 0.1) is 10.1 Å². The van der Waals surface area contributed by atoms with E-state index in [9.17, 15) is 18.5 Å². The van der Waals surface area contributed by atoms with Crippen LogP contribution in [0.1, 0.15) is 0 Å². The second-order valence-electron chi connectivity index (χ2n) is 3.23. The summed E-state index contributed by atoms with van der Waals surface area (Å²) < 4.78 is 23.9. The van der Waals surface area contributed by atoms with Crippen LogP contribution in [-0.4, -0.2) is 30.4 Å². The van der Waals surface area contributed by atoms with E-state index in [1.165, 1.54) is 12.1 Å². The molecule has 0 aliphatic rings. The largest absolute Gasteiger partial charge is 0.269 e. The number of alkyl halides is 2. The SMILES string of the molecule is O=[N+]([O-])c1ccc(S(=O)(=O)C(CCl)CCl)cc1. The Kier molecular flexibility index (Phi) is 4.73. The third-order valence-corrected chi connectivity index (χ3v) is 5.41. The molecule has 8 heteroatoms. The maximum atomic E-state index is 11.9. The van der Waals surface area contributed by atoms with E-state index in [1.54, 1.807) is 0 Å². The molecule has 17 heavy (non-hydrogen) atoms. The monoisotopic (exact) mass is 297 g/mol. The lowest BCUT2D eigenvalue weighted by atomic mass is 10.3. The first kappa shape index (κ1) is 14.2. The molecule has 0 spiro atoms. The van der Waals surface area contributed by atoms with E-state index in [0.717, 1.165) is 12.1 Å². The number of rotatable bonds is 5. The number of nitro benzene ring substituents is 1. The van der Waals surface area contributed by atoms with E-state index >= 15 is 0 Å². The predicted molar refractivity (Wildman–Crippen MR) is 65.5 cm³/mol. The molecule has 0 heterocycles. The van der Waals surface area contributed by atoms with Crippen LogP contribution in [0.2, 0.25) is 0 Å². The minimum absolute atomic E-state index is 0.0191. The molecule has 0 radical (unpaired) electrons. The minimum atomic E-state index is -3.63. The maximum absolute atomic E-state index is 11.9. The van der Waals surface area contributed by atoms with Crippen molar-refractivity contribution >= 4 is 38.7 Å². The molecule has 0 bridgehead atoms. The Balaban J connectivity index is 3.12. The Morgan fingerprint density at radius 3 is 2.00 bits per heavy atom. The normalized spacial score (nSPS) is 11.7. The second kappa shape index (κ2) is 5.66. The van der Waals surface area contributed by atoms with E-state index < -0.39 is 20.0 Å². The van der Waals surface area contributed by atoms with Crippen molar-refractivity contribution in [3.8, 4) is 0 Å². The topological polar surface area (TPSA) is 77.3 Å². The lowest BCUT2D eigenvalue weighted by molar-refractivity contribution is -0.384. The van der Waals surface area contributed by atoms with Gasteiger partial charge in [0.25, 0.3) is 5.69 Å². The summed E-state index contributed by atoms with van der Waals surface area (Å²) in [5, 5.41) is 9.53. The lowest BCUT2D eigenvalue weighted by Gasteiger charge is -2.11. The Labute approximate surface area is 108 Å². The van der Waals surface area contributed by atoms with E-state index in [-0.39, 0.29) is 22.3 Å². The minimum Gasteiger partial charge on any atom is -0.258 e. The Morgan fingerprint density at radius 1 is 1.18 bits per heavy atom. The van der Waals surface area contributed by atoms with Crippen molar-refractivity contribution < 1.29 is 13.3 Å². The highest BCUT2D eigenvalue weighted by Gasteiger charge is 2.26. The number of hydrogen-bond acceptors (Lipinski definition) is 4. The van der Waals surface area contributed by atoms with Crippen molar-refractivity contribution in [2.45, 2.75) is 10.1 Å². The Bertz CT molecular complexity index is 496.